The number of esters is 1. The highest BCUT2D eigenvalue weighted by molar-refractivity contribution is 8.25. The Morgan fingerprint density at radius 3 is 2.52 bits per heavy atom. The number of rotatable bonds is 4. The van der Waals surface area contributed by atoms with Gasteiger partial charge in [-0.05, 0) is 58.6 Å². The van der Waals surface area contributed by atoms with Crippen LogP contribution >= 0.6 is 11.8 Å². The molecular weight excluding hydrogens is 440 g/mol. The van der Waals surface area contributed by atoms with Crippen molar-refractivity contribution in [1.82, 2.24) is 5.01 Å². The molecule has 4 rings (SSSR count). The first kappa shape index (κ1) is 22.5. The summed E-state index contributed by atoms with van der Waals surface area (Å²) in [5, 5.41) is 14.0. The predicted octanol–water partition coefficient (Wildman–Crippen LogP) is 4.46. The highest BCUT2D eigenvalue weighted by atomic mass is 32.2. The molecule has 8 nitrogen and oxygen atoms in total. The lowest BCUT2D eigenvalue weighted by molar-refractivity contribution is -0.114. The van der Waals surface area contributed by atoms with Gasteiger partial charge in [-0.3, -0.25) is 10.2 Å². The lowest BCUT2D eigenvalue weighted by Crippen LogP contribution is -2.35. The van der Waals surface area contributed by atoms with Crippen LogP contribution in [0.1, 0.15) is 42.3 Å². The number of nitrogens with zero attached hydrogens (tertiary/aromatic N) is 3. The van der Waals surface area contributed by atoms with E-state index in [2.05, 4.69) is 30.9 Å². The summed E-state index contributed by atoms with van der Waals surface area (Å²) in [4.78, 5) is 29.0. The van der Waals surface area contributed by atoms with Crippen molar-refractivity contribution in [3.05, 3.63) is 64.7 Å². The number of hydrogen-bond acceptors (Lipinski definition) is 7. The summed E-state index contributed by atoms with van der Waals surface area (Å²) >= 11 is 1.18. The highest BCUT2D eigenvalue weighted by Gasteiger charge is 2.32. The summed E-state index contributed by atoms with van der Waals surface area (Å²) in [7, 11) is 1.46. The van der Waals surface area contributed by atoms with E-state index in [1.165, 1.54) is 35.5 Å². The molecule has 1 N–H and O–H groups in total. The first-order chi connectivity index (χ1) is 15.7. The number of fused-ring (bicyclic) bond motifs is 1. The highest BCUT2D eigenvalue weighted by Crippen LogP contribution is 2.31. The van der Waals surface area contributed by atoms with Gasteiger partial charge in [0.1, 0.15) is 0 Å². The van der Waals surface area contributed by atoms with Gasteiger partial charge in [0.15, 0.2) is 22.5 Å². The number of carbonyl (C=O) groups excluding carboxylic acids is 2. The molecule has 0 unspecified atom stereocenters. The molecule has 0 spiro atoms. The van der Waals surface area contributed by atoms with Crippen molar-refractivity contribution in [3.63, 3.8) is 0 Å². The molecule has 1 amide bonds. The number of hydrogen-bond donors (Lipinski definition) is 1. The maximum atomic E-state index is 12.6. The molecule has 0 saturated carbocycles. The van der Waals surface area contributed by atoms with Gasteiger partial charge in [0, 0.05) is 0 Å². The number of amidine groups is 2. The van der Waals surface area contributed by atoms with Crippen molar-refractivity contribution in [2.45, 2.75) is 26.2 Å². The van der Waals surface area contributed by atoms with E-state index in [0.29, 0.717) is 22.0 Å². The van der Waals surface area contributed by atoms with Gasteiger partial charge in [-0.15, -0.1) is 0 Å². The van der Waals surface area contributed by atoms with Crippen LogP contribution < -0.4 is 9.47 Å². The zero-order valence-corrected chi connectivity index (χ0v) is 19.4. The third kappa shape index (κ3) is 4.58. The number of carbonyl (C=O) groups is 2. The number of hydrazone groups is 1. The van der Waals surface area contributed by atoms with Crippen LogP contribution in [0.3, 0.4) is 0 Å². The summed E-state index contributed by atoms with van der Waals surface area (Å²) < 4.78 is 10.9. The lowest BCUT2D eigenvalue weighted by atomic mass is 9.87. The Morgan fingerprint density at radius 2 is 1.85 bits per heavy atom. The molecule has 0 bridgehead atoms. The number of ether oxygens (including phenoxy) is 2. The number of methoxy groups -OCH3 is 1. The van der Waals surface area contributed by atoms with Crippen LogP contribution in [-0.4, -0.2) is 40.5 Å². The maximum absolute atomic E-state index is 12.6. The Morgan fingerprint density at radius 1 is 1.12 bits per heavy atom. The Labute approximate surface area is 195 Å². The van der Waals surface area contributed by atoms with Gasteiger partial charge in [-0.1, -0.05) is 39.0 Å². The van der Waals surface area contributed by atoms with Gasteiger partial charge in [0.2, 0.25) is 0 Å². The molecule has 0 saturated heterocycles. The minimum absolute atomic E-state index is 0.0150. The van der Waals surface area contributed by atoms with E-state index in [4.69, 9.17) is 14.9 Å². The second-order valence-electron chi connectivity index (χ2n) is 8.38. The molecule has 33 heavy (non-hydrogen) atoms. The SMILES string of the molecule is COc1cc(C=C2C(=N)N3N=CSC3=NC2=O)ccc1OC(=O)c1ccc(C(C)(C)C)cc1. The molecule has 0 radical (unpaired) electrons. The smallest absolute Gasteiger partial charge is 0.343 e. The predicted molar refractivity (Wildman–Crippen MR) is 129 cm³/mol. The van der Waals surface area contributed by atoms with Gasteiger partial charge < -0.3 is 9.47 Å². The fraction of sp³-hybridized carbons (Fsp3) is 0.208. The van der Waals surface area contributed by atoms with Crippen molar-refractivity contribution in [3.8, 4) is 11.5 Å². The van der Waals surface area contributed by atoms with Gasteiger partial charge in [0.05, 0.1) is 23.8 Å². The molecular formula is C24H22N4O4S. The van der Waals surface area contributed by atoms with Gasteiger partial charge >= 0.3 is 5.97 Å². The largest absolute Gasteiger partial charge is 0.493 e. The van der Waals surface area contributed by atoms with Crippen molar-refractivity contribution in [2.75, 3.05) is 7.11 Å². The van der Waals surface area contributed by atoms with E-state index in [1.807, 2.05) is 12.1 Å². The Balaban J connectivity index is 1.55. The Bertz CT molecular complexity index is 1240. The van der Waals surface area contributed by atoms with Crippen LogP contribution in [0.5, 0.6) is 11.5 Å². The van der Waals surface area contributed by atoms with Crippen LogP contribution in [0, 0.1) is 5.41 Å². The summed E-state index contributed by atoms with van der Waals surface area (Å²) in [5.41, 5.74) is 3.74. The Hall–Kier alpha value is -3.72. The van der Waals surface area contributed by atoms with Gasteiger partial charge in [0.25, 0.3) is 5.91 Å². The van der Waals surface area contributed by atoms with E-state index in [1.54, 1.807) is 30.3 Å². The normalized spacial score (nSPS) is 16.7. The van der Waals surface area contributed by atoms with E-state index in [-0.39, 0.29) is 22.6 Å². The molecule has 2 aliphatic heterocycles. The van der Waals surface area contributed by atoms with Crippen LogP contribution in [0.15, 0.2) is 58.1 Å². The van der Waals surface area contributed by atoms with Crippen molar-refractivity contribution in [2.24, 2.45) is 10.1 Å². The number of benzene rings is 2. The quantitative estimate of drug-likeness (QED) is 0.409. The summed E-state index contributed by atoms with van der Waals surface area (Å²) in [6, 6.07) is 12.2. The topological polar surface area (TPSA) is 104 Å². The average molecular weight is 463 g/mol. The van der Waals surface area contributed by atoms with Crippen LogP contribution in [-0.2, 0) is 10.2 Å². The Kier molecular flexibility index (Phi) is 5.90. The standard InChI is InChI=1S/C24H22N4O4S/c1-24(2,3)16-8-6-15(7-9-16)22(30)32-18-10-5-14(12-19(18)31-4)11-17-20(25)28-23(27-21(17)29)33-13-26-28/h5-13,25H,1-4H3. The molecule has 0 aliphatic carbocycles. The molecule has 2 aromatic rings. The number of thioether (sulfide) groups is 1. The van der Waals surface area contributed by atoms with Gasteiger partial charge in [-0.25, -0.2) is 4.79 Å². The van der Waals surface area contributed by atoms with E-state index in [0.717, 1.165) is 5.56 Å². The molecule has 0 aromatic heterocycles. The number of aliphatic imine (C=N–C) groups is 1. The van der Waals surface area contributed by atoms with Gasteiger partial charge in [-0.2, -0.15) is 15.1 Å². The second-order valence-corrected chi connectivity index (χ2v) is 9.20. The van der Waals surface area contributed by atoms with E-state index < -0.39 is 11.9 Å². The van der Waals surface area contributed by atoms with E-state index >= 15 is 0 Å². The van der Waals surface area contributed by atoms with Crippen molar-refractivity contribution >= 4 is 46.3 Å². The molecule has 9 heteroatoms. The fourth-order valence-corrected chi connectivity index (χ4v) is 3.84. The number of nitrogens with one attached hydrogen (secondary N) is 1. The minimum atomic E-state index is -0.516. The minimum Gasteiger partial charge on any atom is -0.493 e. The zero-order valence-electron chi connectivity index (χ0n) is 18.6. The summed E-state index contributed by atoms with van der Waals surface area (Å²) in [5.74, 6) is -0.514. The second kappa shape index (κ2) is 8.67. The molecule has 2 aromatic carbocycles. The third-order valence-corrected chi connectivity index (χ3v) is 5.76. The summed E-state index contributed by atoms with van der Waals surface area (Å²) in [6.45, 7) is 6.31. The van der Waals surface area contributed by atoms with Crippen molar-refractivity contribution in [1.29, 1.82) is 5.41 Å². The van der Waals surface area contributed by atoms with Crippen LogP contribution in [0.4, 0.5) is 0 Å². The average Bonchev–Trinajstić information content (AvgIpc) is 3.25. The third-order valence-electron chi connectivity index (χ3n) is 5.08. The van der Waals surface area contributed by atoms with Crippen LogP contribution in [0.2, 0.25) is 0 Å². The molecule has 168 valence electrons. The molecule has 0 atom stereocenters. The summed E-state index contributed by atoms with van der Waals surface area (Å²) in [6.07, 6.45) is 1.53. The van der Waals surface area contributed by atoms with Crippen LogP contribution in [0.25, 0.3) is 6.08 Å². The van der Waals surface area contributed by atoms with Crippen molar-refractivity contribution < 1.29 is 19.1 Å². The monoisotopic (exact) mass is 462 g/mol. The first-order valence-corrected chi connectivity index (χ1v) is 11.0. The maximum Gasteiger partial charge on any atom is 0.343 e. The molecule has 2 aliphatic rings. The molecule has 0 fully saturated rings. The number of amides is 1. The lowest BCUT2D eigenvalue weighted by Gasteiger charge is -2.20. The molecule has 2 heterocycles. The first-order valence-electron chi connectivity index (χ1n) is 10.1. The fourth-order valence-electron chi connectivity index (χ4n) is 3.23. The van der Waals surface area contributed by atoms with E-state index in [9.17, 15) is 9.59 Å². The zero-order chi connectivity index (χ0) is 23.8.